The van der Waals surface area contributed by atoms with Gasteiger partial charge in [-0.15, -0.1) is 0 Å². The molecule has 1 aliphatic heterocycles. The maximum Gasteiger partial charge on any atom is 0.309 e. The standard InChI is InChI=1S/C10H13NO4/c1-10(2,9(14)15)5-6-4-7(12)11(3)8(6)13/h4H,5H2,1-3H3,(H,14,15). The molecular formula is C10H13NO4. The number of carbonyl (C=O) groups is 3. The van der Waals surface area contributed by atoms with Crippen molar-refractivity contribution in [3.05, 3.63) is 11.6 Å². The summed E-state index contributed by atoms with van der Waals surface area (Å²) in [4.78, 5) is 34.4. The minimum Gasteiger partial charge on any atom is -0.481 e. The summed E-state index contributed by atoms with van der Waals surface area (Å²) in [6, 6.07) is 0. The van der Waals surface area contributed by atoms with Gasteiger partial charge in [0.25, 0.3) is 11.8 Å². The molecule has 0 fully saturated rings. The predicted molar refractivity (Wildman–Crippen MR) is 51.9 cm³/mol. The van der Waals surface area contributed by atoms with Crippen molar-refractivity contribution in [2.45, 2.75) is 20.3 Å². The van der Waals surface area contributed by atoms with Crippen molar-refractivity contribution in [2.24, 2.45) is 5.41 Å². The summed E-state index contributed by atoms with van der Waals surface area (Å²) in [5, 5.41) is 8.88. The van der Waals surface area contributed by atoms with E-state index in [0.717, 1.165) is 4.90 Å². The van der Waals surface area contributed by atoms with Crippen LogP contribution in [0.3, 0.4) is 0 Å². The fourth-order valence-corrected chi connectivity index (χ4v) is 1.30. The van der Waals surface area contributed by atoms with Gasteiger partial charge in [0.1, 0.15) is 0 Å². The van der Waals surface area contributed by atoms with Crippen LogP contribution in [0, 0.1) is 5.41 Å². The van der Waals surface area contributed by atoms with Gasteiger partial charge in [0.15, 0.2) is 0 Å². The highest BCUT2D eigenvalue weighted by Crippen LogP contribution is 2.28. The van der Waals surface area contributed by atoms with Crippen LogP contribution in [0.2, 0.25) is 0 Å². The summed E-state index contributed by atoms with van der Waals surface area (Å²) in [7, 11) is 1.38. The molecule has 0 saturated heterocycles. The fourth-order valence-electron chi connectivity index (χ4n) is 1.30. The van der Waals surface area contributed by atoms with Gasteiger partial charge in [-0.2, -0.15) is 0 Å². The Morgan fingerprint density at radius 2 is 2.00 bits per heavy atom. The van der Waals surface area contributed by atoms with Crippen LogP contribution in [0.25, 0.3) is 0 Å². The molecule has 0 atom stereocenters. The highest BCUT2D eigenvalue weighted by atomic mass is 16.4. The number of carboxylic acid groups (broad SMARTS) is 1. The molecule has 1 rings (SSSR count). The average Bonchev–Trinajstić information content (AvgIpc) is 2.33. The zero-order chi connectivity index (χ0) is 11.8. The van der Waals surface area contributed by atoms with Crippen LogP contribution in [-0.4, -0.2) is 34.8 Å². The number of likely N-dealkylation sites (N-methyl/N-ethyl adjacent to an activating group) is 1. The molecule has 0 aromatic carbocycles. The van der Waals surface area contributed by atoms with Gasteiger partial charge in [-0.1, -0.05) is 0 Å². The molecule has 0 spiro atoms. The predicted octanol–water partition coefficient (Wildman–Crippen LogP) is 0.412. The molecule has 0 saturated carbocycles. The van der Waals surface area contributed by atoms with Crippen molar-refractivity contribution in [3.8, 4) is 0 Å². The zero-order valence-electron chi connectivity index (χ0n) is 8.90. The summed E-state index contributed by atoms with van der Waals surface area (Å²) in [6.45, 7) is 3.04. The second kappa shape index (κ2) is 3.49. The lowest BCUT2D eigenvalue weighted by Crippen LogP contribution is -2.29. The molecule has 0 bridgehead atoms. The van der Waals surface area contributed by atoms with Crippen LogP contribution in [0.5, 0.6) is 0 Å². The van der Waals surface area contributed by atoms with Gasteiger partial charge in [0, 0.05) is 18.7 Å². The smallest absolute Gasteiger partial charge is 0.309 e. The number of rotatable bonds is 3. The lowest BCUT2D eigenvalue weighted by molar-refractivity contribution is -0.146. The molecule has 0 aromatic rings. The second-order valence-corrected chi connectivity index (χ2v) is 4.24. The first-order valence-electron chi connectivity index (χ1n) is 4.51. The molecular weight excluding hydrogens is 198 g/mol. The Labute approximate surface area is 87.4 Å². The molecule has 5 nitrogen and oxygen atoms in total. The van der Waals surface area contributed by atoms with Gasteiger partial charge in [-0.3, -0.25) is 19.3 Å². The Morgan fingerprint density at radius 1 is 1.47 bits per heavy atom. The number of carboxylic acids is 1. The highest BCUT2D eigenvalue weighted by Gasteiger charge is 2.35. The minimum absolute atomic E-state index is 0.0667. The first-order chi connectivity index (χ1) is 6.75. The van der Waals surface area contributed by atoms with Gasteiger partial charge >= 0.3 is 5.97 Å². The van der Waals surface area contributed by atoms with Gasteiger partial charge < -0.3 is 5.11 Å². The number of imide groups is 1. The Morgan fingerprint density at radius 3 is 2.33 bits per heavy atom. The van der Waals surface area contributed by atoms with E-state index in [4.69, 9.17) is 5.11 Å². The molecule has 1 heterocycles. The van der Waals surface area contributed by atoms with E-state index in [0.29, 0.717) is 0 Å². The average molecular weight is 211 g/mol. The summed E-state index contributed by atoms with van der Waals surface area (Å²) in [6.07, 6.45) is 1.27. The van der Waals surface area contributed by atoms with Crippen LogP contribution in [-0.2, 0) is 14.4 Å². The number of nitrogens with zero attached hydrogens (tertiary/aromatic N) is 1. The molecule has 0 aliphatic carbocycles. The Hall–Kier alpha value is -1.65. The first kappa shape index (κ1) is 11.4. The third kappa shape index (κ3) is 2.06. The van der Waals surface area contributed by atoms with E-state index >= 15 is 0 Å². The summed E-state index contributed by atoms with van der Waals surface area (Å²) in [5.41, 5.74) is -0.776. The molecule has 82 valence electrons. The van der Waals surface area contributed by atoms with Crippen molar-refractivity contribution in [1.29, 1.82) is 0 Å². The Balaban J connectivity index is 2.86. The third-order valence-electron chi connectivity index (χ3n) is 2.42. The molecule has 0 aromatic heterocycles. The van der Waals surface area contributed by atoms with E-state index in [-0.39, 0.29) is 12.0 Å². The van der Waals surface area contributed by atoms with E-state index in [1.165, 1.54) is 27.0 Å². The monoisotopic (exact) mass is 211 g/mol. The number of hydrogen-bond acceptors (Lipinski definition) is 3. The van der Waals surface area contributed by atoms with Gasteiger partial charge in [0.2, 0.25) is 0 Å². The number of hydrogen-bond donors (Lipinski definition) is 1. The van der Waals surface area contributed by atoms with Crippen molar-refractivity contribution < 1.29 is 19.5 Å². The quantitative estimate of drug-likeness (QED) is 0.686. The van der Waals surface area contributed by atoms with Gasteiger partial charge in [0.05, 0.1) is 5.41 Å². The summed E-state index contributed by atoms with van der Waals surface area (Å²) in [5.74, 6) is -1.79. The van der Waals surface area contributed by atoms with Crippen molar-refractivity contribution in [2.75, 3.05) is 7.05 Å². The normalized spacial score (nSPS) is 17.0. The maximum absolute atomic E-state index is 11.5. The molecule has 1 aliphatic rings. The second-order valence-electron chi connectivity index (χ2n) is 4.24. The fraction of sp³-hybridized carbons (Fsp3) is 0.500. The SMILES string of the molecule is CN1C(=O)C=C(CC(C)(C)C(=O)O)C1=O. The van der Waals surface area contributed by atoms with Gasteiger partial charge in [-0.25, -0.2) is 0 Å². The molecule has 2 amide bonds. The van der Waals surface area contributed by atoms with Gasteiger partial charge in [-0.05, 0) is 20.3 Å². The Kier molecular flexibility index (Phi) is 2.66. The van der Waals surface area contributed by atoms with Crippen molar-refractivity contribution in [1.82, 2.24) is 4.90 Å². The van der Waals surface area contributed by atoms with E-state index in [1.54, 1.807) is 0 Å². The number of carbonyl (C=O) groups excluding carboxylic acids is 2. The lowest BCUT2D eigenvalue weighted by Gasteiger charge is -2.19. The number of amides is 2. The zero-order valence-corrected chi connectivity index (χ0v) is 8.90. The lowest BCUT2D eigenvalue weighted by atomic mass is 9.86. The molecule has 15 heavy (non-hydrogen) atoms. The molecule has 0 radical (unpaired) electrons. The van der Waals surface area contributed by atoms with E-state index in [9.17, 15) is 14.4 Å². The van der Waals surface area contributed by atoms with Crippen molar-refractivity contribution in [3.63, 3.8) is 0 Å². The minimum atomic E-state index is -1.03. The van der Waals surface area contributed by atoms with Crippen LogP contribution in [0.4, 0.5) is 0 Å². The molecule has 1 N–H and O–H groups in total. The highest BCUT2D eigenvalue weighted by molar-refractivity contribution is 6.16. The summed E-state index contributed by atoms with van der Waals surface area (Å²) >= 11 is 0. The van der Waals surface area contributed by atoms with E-state index in [1.807, 2.05) is 0 Å². The largest absolute Gasteiger partial charge is 0.481 e. The van der Waals surface area contributed by atoms with Crippen LogP contribution in [0.1, 0.15) is 20.3 Å². The van der Waals surface area contributed by atoms with Crippen LogP contribution in [0.15, 0.2) is 11.6 Å². The van der Waals surface area contributed by atoms with E-state index < -0.39 is 23.2 Å². The Bertz CT molecular complexity index is 368. The van der Waals surface area contributed by atoms with Crippen molar-refractivity contribution >= 4 is 17.8 Å². The molecule has 0 unspecified atom stereocenters. The van der Waals surface area contributed by atoms with E-state index in [2.05, 4.69) is 0 Å². The van der Waals surface area contributed by atoms with Crippen LogP contribution >= 0.6 is 0 Å². The third-order valence-corrected chi connectivity index (χ3v) is 2.42. The first-order valence-corrected chi connectivity index (χ1v) is 4.51. The van der Waals surface area contributed by atoms with Crippen LogP contribution < -0.4 is 0 Å². The maximum atomic E-state index is 11.5. The number of aliphatic carboxylic acids is 1. The topological polar surface area (TPSA) is 74.7 Å². The summed E-state index contributed by atoms with van der Waals surface area (Å²) < 4.78 is 0. The molecule has 5 heteroatoms.